The molecule has 4 heteroatoms. The van der Waals surface area contributed by atoms with Crippen LogP contribution < -0.4 is 5.32 Å². The quantitative estimate of drug-likeness (QED) is 0.758. The zero-order valence-electron chi connectivity index (χ0n) is 11.4. The van der Waals surface area contributed by atoms with Crippen molar-refractivity contribution in [1.29, 1.82) is 0 Å². The molecular formula is C17H15FN2O. The molecule has 0 saturated carbocycles. The lowest BCUT2D eigenvalue weighted by molar-refractivity contribution is 0.0950. The normalized spacial score (nSPS) is 10.7. The van der Waals surface area contributed by atoms with E-state index in [2.05, 4.69) is 10.3 Å². The minimum absolute atomic E-state index is 0.178. The van der Waals surface area contributed by atoms with Gasteiger partial charge in [-0.25, -0.2) is 4.39 Å². The summed E-state index contributed by atoms with van der Waals surface area (Å²) in [6.07, 6.45) is 0.471. The van der Waals surface area contributed by atoms with Gasteiger partial charge in [0.05, 0.1) is 0 Å². The van der Waals surface area contributed by atoms with Crippen molar-refractivity contribution in [3.63, 3.8) is 0 Å². The standard InChI is InChI=1S/C17H15FN2O/c18-14-7-3-1-5-12(14)9-10-19-17(21)16-11-13-6-2-4-8-15(13)20-16/h1-8,11,20H,9-10H2,(H,19,21). The molecule has 0 saturated heterocycles. The number of nitrogens with one attached hydrogen (secondary N) is 2. The van der Waals surface area contributed by atoms with Crippen LogP contribution in [0.2, 0.25) is 0 Å². The summed E-state index contributed by atoms with van der Waals surface area (Å²) in [7, 11) is 0. The number of H-pyrrole nitrogens is 1. The fourth-order valence-electron chi connectivity index (χ4n) is 2.30. The van der Waals surface area contributed by atoms with Crippen molar-refractivity contribution in [3.8, 4) is 0 Å². The highest BCUT2D eigenvalue weighted by Gasteiger charge is 2.09. The molecule has 0 fully saturated rings. The van der Waals surface area contributed by atoms with Crippen LogP contribution in [0.4, 0.5) is 4.39 Å². The lowest BCUT2D eigenvalue weighted by atomic mass is 10.1. The van der Waals surface area contributed by atoms with Crippen LogP contribution in [-0.4, -0.2) is 17.4 Å². The minimum atomic E-state index is -0.239. The highest BCUT2D eigenvalue weighted by molar-refractivity contribution is 5.97. The zero-order chi connectivity index (χ0) is 14.7. The molecule has 0 radical (unpaired) electrons. The number of halogens is 1. The van der Waals surface area contributed by atoms with Gasteiger partial charge in [-0.3, -0.25) is 4.79 Å². The summed E-state index contributed by atoms with van der Waals surface area (Å²) in [6.45, 7) is 0.398. The molecule has 1 aromatic heterocycles. The molecule has 0 bridgehead atoms. The summed E-state index contributed by atoms with van der Waals surface area (Å²) in [4.78, 5) is 15.1. The van der Waals surface area contributed by atoms with E-state index in [4.69, 9.17) is 0 Å². The lowest BCUT2D eigenvalue weighted by Crippen LogP contribution is -2.26. The maximum Gasteiger partial charge on any atom is 0.267 e. The molecule has 0 aliphatic heterocycles. The van der Waals surface area contributed by atoms with E-state index in [1.54, 1.807) is 18.2 Å². The first-order valence-electron chi connectivity index (χ1n) is 6.83. The molecule has 0 atom stereocenters. The fourth-order valence-corrected chi connectivity index (χ4v) is 2.30. The van der Waals surface area contributed by atoms with Crippen molar-refractivity contribution >= 4 is 16.8 Å². The maximum absolute atomic E-state index is 13.5. The Morgan fingerprint density at radius 1 is 1.10 bits per heavy atom. The SMILES string of the molecule is O=C(NCCc1ccccc1F)c1cc2ccccc2[nH]1. The van der Waals surface area contributed by atoms with Gasteiger partial charge in [0.15, 0.2) is 0 Å². The van der Waals surface area contributed by atoms with E-state index in [1.807, 2.05) is 30.3 Å². The van der Waals surface area contributed by atoms with E-state index in [0.29, 0.717) is 24.2 Å². The number of carbonyl (C=O) groups excluding carboxylic acids is 1. The number of fused-ring (bicyclic) bond motifs is 1. The molecule has 3 aromatic rings. The van der Waals surface area contributed by atoms with Crippen LogP contribution in [0.5, 0.6) is 0 Å². The average molecular weight is 282 g/mol. The third kappa shape index (κ3) is 2.94. The number of hydrogen-bond acceptors (Lipinski definition) is 1. The summed E-state index contributed by atoms with van der Waals surface area (Å²) in [6, 6.07) is 16.1. The van der Waals surface area contributed by atoms with Crippen LogP contribution in [0.3, 0.4) is 0 Å². The number of hydrogen-bond donors (Lipinski definition) is 2. The van der Waals surface area contributed by atoms with E-state index in [0.717, 1.165) is 10.9 Å². The van der Waals surface area contributed by atoms with E-state index in [1.165, 1.54) is 6.07 Å². The Balaban J connectivity index is 1.63. The summed E-state index contributed by atoms with van der Waals surface area (Å²) >= 11 is 0. The van der Waals surface area contributed by atoms with E-state index >= 15 is 0 Å². The van der Waals surface area contributed by atoms with Gasteiger partial charge in [-0.05, 0) is 30.2 Å². The average Bonchev–Trinajstić information content (AvgIpc) is 2.93. The van der Waals surface area contributed by atoms with Crippen molar-refractivity contribution in [2.24, 2.45) is 0 Å². The van der Waals surface area contributed by atoms with Gasteiger partial charge in [0.2, 0.25) is 0 Å². The van der Waals surface area contributed by atoms with Gasteiger partial charge in [-0.15, -0.1) is 0 Å². The van der Waals surface area contributed by atoms with Gasteiger partial charge >= 0.3 is 0 Å². The molecule has 3 nitrogen and oxygen atoms in total. The number of para-hydroxylation sites is 1. The summed E-state index contributed by atoms with van der Waals surface area (Å²) < 4.78 is 13.5. The van der Waals surface area contributed by atoms with Crippen molar-refractivity contribution in [1.82, 2.24) is 10.3 Å². The van der Waals surface area contributed by atoms with E-state index in [9.17, 15) is 9.18 Å². The van der Waals surface area contributed by atoms with Crippen LogP contribution in [0.15, 0.2) is 54.6 Å². The molecule has 3 rings (SSSR count). The third-order valence-electron chi connectivity index (χ3n) is 3.41. The van der Waals surface area contributed by atoms with E-state index in [-0.39, 0.29) is 11.7 Å². The second-order valence-corrected chi connectivity index (χ2v) is 4.87. The Kier molecular flexibility index (Phi) is 3.69. The first kappa shape index (κ1) is 13.4. The van der Waals surface area contributed by atoms with Crippen LogP contribution in [0, 0.1) is 5.82 Å². The summed E-state index contributed by atoms with van der Waals surface area (Å²) in [5.74, 6) is -0.417. The Bertz CT molecular complexity index is 746. The van der Waals surface area contributed by atoms with E-state index < -0.39 is 0 Å². The smallest absolute Gasteiger partial charge is 0.267 e. The van der Waals surface area contributed by atoms with Gasteiger partial charge in [0.1, 0.15) is 11.5 Å². The second kappa shape index (κ2) is 5.79. The number of amides is 1. The second-order valence-electron chi connectivity index (χ2n) is 4.87. The summed E-state index contributed by atoms with van der Waals surface area (Å²) in [5.41, 5.74) is 2.05. The van der Waals surface area contributed by atoms with Gasteiger partial charge in [-0.2, -0.15) is 0 Å². The Morgan fingerprint density at radius 2 is 1.86 bits per heavy atom. The Labute approximate surface area is 121 Å². The van der Waals surface area contributed by atoms with Crippen LogP contribution in [0.25, 0.3) is 10.9 Å². The van der Waals surface area contributed by atoms with Crippen molar-refractivity contribution in [2.45, 2.75) is 6.42 Å². The largest absolute Gasteiger partial charge is 0.351 e. The van der Waals surface area contributed by atoms with Gasteiger partial charge < -0.3 is 10.3 Å². The molecule has 106 valence electrons. The van der Waals surface area contributed by atoms with Crippen LogP contribution in [-0.2, 0) is 6.42 Å². The van der Waals surface area contributed by atoms with Gasteiger partial charge in [-0.1, -0.05) is 36.4 Å². The lowest BCUT2D eigenvalue weighted by Gasteiger charge is -2.05. The Hall–Kier alpha value is -2.62. The predicted molar refractivity (Wildman–Crippen MR) is 80.7 cm³/mol. The van der Waals surface area contributed by atoms with Crippen molar-refractivity contribution < 1.29 is 9.18 Å². The van der Waals surface area contributed by atoms with Gasteiger partial charge in [0.25, 0.3) is 5.91 Å². The van der Waals surface area contributed by atoms with Crippen molar-refractivity contribution in [2.75, 3.05) is 6.54 Å². The molecule has 2 N–H and O–H groups in total. The molecule has 0 aliphatic carbocycles. The topological polar surface area (TPSA) is 44.9 Å². The molecule has 2 aromatic carbocycles. The highest BCUT2D eigenvalue weighted by Crippen LogP contribution is 2.14. The monoisotopic (exact) mass is 282 g/mol. The Morgan fingerprint density at radius 3 is 2.67 bits per heavy atom. The first-order chi connectivity index (χ1) is 10.2. The number of aromatic nitrogens is 1. The third-order valence-corrected chi connectivity index (χ3v) is 3.41. The molecular weight excluding hydrogens is 267 g/mol. The van der Waals surface area contributed by atoms with Crippen LogP contribution in [0.1, 0.15) is 16.1 Å². The van der Waals surface area contributed by atoms with Crippen molar-refractivity contribution in [3.05, 3.63) is 71.7 Å². The first-order valence-corrected chi connectivity index (χ1v) is 6.83. The van der Waals surface area contributed by atoms with Gasteiger partial charge in [0, 0.05) is 17.4 Å². The predicted octanol–water partition coefficient (Wildman–Crippen LogP) is 3.28. The number of benzene rings is 2. The summed E-state index contributed by atoms with van der Waals surface area (Å²) in [5, 5.41) is 3.80. The number of aromatic amines is 1. The molecule has 1 amide bonds. The minimum Gasteiger partial charge on any atom is -0.351 e. The highest BCUT2D eigenvalue weighted by atomic mass is 19.1. The number of carbonyl (C=O) groups is 1. The molecule has 1 heterocycles. The number of rotatable bonds is 4. The van der Waals surface area contributed by atoms with Crippen LogP contribution >= 0.6 is 0 Å². The maximum atomic E-state index is 13.5. The zero-order valence-corrected chi connectivity index (χ0v) is 11.4. The molecule has 0 unspecified atom stereocenters. The molecule has 0 spiro atoms. The molecule has 0 aliphatic rings. The fraction of sp³-hybridized carbons (Fsp3) is 0.118. The molecule has 21 heavy (non-hydrogen) atoms.